The predicted molar refractivity (Wildman–Crippen MR) is 68.0 cm³/mol. The summed E-state index contributed by atoms with van der Waals surface area (Å²) in [6.45, 7) is 4.49. The Balaban J connectivity index is 2.01. The molecule has 15 heavy (non-hydrogen) atoms. The molecule has 0 radical (unpaired) electrons. The molecule has 0 amide bonds. The smallest absolute Gasteiger partial charge is 0.131 e. The van der Waals surface area contributed by atoms with Crippen LogP contribution in [0.5, 0.6) is 0 Å². The van der Waals surface area contributed by atoms with Crippen molar-refractivity contribution in [2.75, 3.05) is 23.7 Å². The lowest BCUT2D eigenvalue weighted by molar-refractivity contribution is 0.963. The highest BCUT2D eigenvalue weighted by atomic mass is 35.5. The number of anilines is 1. The summed E-state index contributed by atoms with van der Waals surface area (Å²) in [6, 6.07) is 3.98. The van der Waals surface area contributed by atoms with Crippen molar-refractivity contribution in [1.82, 2.24) is 4.98 Å². The van der Waals surface area contributed by atoms with Crippen LogP contribution in [0.4, 0.5) is 5.69 Å². The third-order valence-electron chi connectivity index (χ3n) is 2.62. The van der Waals surface area contributed by atoms with E-state index in [9.17, 15) is 0 Å². The van der Waals surface area contributed by atoms with Gasteiger partial charge in [0, 0.05) is 30.2 Å². The van der Waals surface area contributed by atoms with Crippen LogP contribution in [-0.2, 0) is 0 Å². The SMILES string of the molecule is CCSC1CCN(c2ccnc(Cl)c2)C1. The number of pyridine rings is 1. The normalized spacial score (nSPS) is 20.9. The first-order valence-electron chi connectivity index (χ1n) is 5.27. The van der Waals surface area contributed by atoms with Gasteiger partial charge in [0.2, 0.25) is 0 Å². The fraction of sp³-hybridized carbons (Fsp3) is 0.545. The van der Waals surface area contributed by atoms with E-state index in [0.717, 1.165) is 18.3 Å². The minimum Gasteiger partial charge on any atom is -0.370 e. The molecule has 1 unspecified atom stereocenters. The van der Waals surface area contributed by atoms with Crippen molar-refractivity contribution in [3.8, 4) is 0 Å². The van der Waals surface area contributed by atoms with Crippen LogP contribution in [0.2, 0.25) is 5.15 Å². The number of nitrogens with zero attached hydrogens (tertiary/aromatic N) is 2. The first-order valence-corrected chi connectivity index (χ1v) is 6.70. The van der Waals surface area contributed by atoms with Gasteiger partial charge in [-0.2, -0.15) is 11.8 Å². The van der Waals surface area contributed by atoms with Gasteiger partial charge in [0.15, 0.2) is 0 Å². The predicted octanol–water partition coefficient (Wildman–Crippen LogP) is 3.07. The van der Waals surface area contributed by atoms with Gasteiger partial charge in [0.25, 0.3) is 0 Å². The Bertz CT molecular complexity index is 332. The number of halogens is 1. The molecular weight excluding hydrogens is 228 g/mol. The van der Waals surface area contributed by atoms with Crippen LogP contribution in [0, 0.1) is 0 Å². The molecule has 1 aromatic heterocycles. The monoisotopic (exact) mass is 242 g/mol. The summed E-state index contributed by atoms with van der Waals surface area (Å²) >= 11 is 7.93. The molecule has 0 saturated carbocycles. The quantitative estimate of drug-likeness (QED) is 0.758. The molecule has 0 spiro atoms. The summed E-state index contributed by atoms with van der Waals surface area (Å²) < 4.78 is 0. The minimum atomic E-state index is 0.582. The van der Waals surface area contributed by atoms with Crippen LogP contribution in [0.25, 0.3) is 0 Å². The van der Waals surface area contributed by atoms with Crippen LogP contribution in [0.15, 0.2) is 18.3 Å². The Morgan fingerprint density at radius 1 is 1.67 bits per heavy atom. The maximum Gasteiger partial charge on any atom is 0.131 e. The van der Waals surface area contributed by atoms with Crippen molar-refractivity contribution in [2.45, 2.75) is 18.6 Å². The van der Waals surface area contributed by atoms with E-state index in [2.05, 4.69) is 28.6 Å². The zero-order chi connectivity index (χ0) is 10.7. The van der Waals surface area contributed by atoms with E-state index in [0.29, 0.717) is 5.15 Å². The first-order chi connectivity index (χ1) is 7.29. The third-order valence-corrected chi connectivity index (χ3v) is 4.02. The number of thioether (sulfide) groups is 1. The Morgan fingerprint density at radius 2 is 2.53 bits per heavy atom. The van der Waals surface area contributed by atoms with Gasteiger partial charge in [-0.25, -0.2) is 4.98 Å². The Labute approximate surface area is 100 Å². The van der Waals surface area contributed by atoms with Gasteiger partial charge >= 0.3 is 0 Å². The summed E-state index contributed by atoms with van der Waals surface area (Å²) in [5.41, 5.74) is 1.20. The van der Waals surface area contributed by atoms with Gasteiger partial charge in [-0.05, 0) is 24.3 Å². The standard InChI is InChI=1S/C11H15ClN2S/c1-2-15-10-4-6-14(8-10)9-3-5-13-11(12)7-9/h3,5,7,10H,2,4,6,8H2,1H3. The van der Waals surface area contributed by atoms with Crippen molar-refractivity contribution in [2.24, 2.45) is 0 Å². The summed E-state index contributed by atoms with van der Waals surface area (Å²) in [5.74, 6) is 1.20. The average molecular weight is 243 g/mol. The molecule has 2 rings (SSSR count). The number of hydrogen-bond acceptors (Lipinski definition) is 3. The molecule has 1 fully saturated rings. The number of rotatable bonds is 3. The van der Waals surface area contributed by atoms with Crippen molar-refractivity contribution in [1.29, 1.82) is 0 Å². The van der Waals surface area contributed by atoms with Crippen molar-refractivity contribution < 1.29 is 0 Å². The van der Waals surface area contributed by atoms with E-state index in [1.54, 1.807) is 6.20 Å². The second kappa shape index (κ2) is 5.08. The molecule has 1 aliphatic heterocycles. The molecule has 82 valence electrons. The van der Waals surface area contributed by atoms with Crippen LogP contribution < -0.4 is 4.90 Å². The Kier molecular flexibility index (Phi) is 3.76. The zero-order valence-corrected chi connectivity index (χ0v) is 10.4. The third kappa shape index (κ3) is 2.79. The van der Waals surface area contributed by atoms with E-state index in [1.807, 2.05) is 12.1 Å². The van der Waals surface area contributed by atoms with Gasteiger partial charge < -0.3 is 4.90 Å². The van der Waals surface area contributed by atoms with E-state index in [4.69, 9.17) is 11.6 Å². The van der Waals surface area contributed by atoms with Crippen molar-refractivity contribution in [3.05, 3.63) is 23.5 Å². The molecule has 0 bridgehead atoms. The molecule has 1 atom stereocenters. The first kappa shape index (κ1) is 11.1. The topological polar surface area (TPSA) is 16.1 Å². The fourth-order valence-corrected chi connectivity index (χ4v) is 3.12. The molecule has 4 heteroatoms. The van der Waals surface area contributed by atoms with E-state index < -0.39 is 0 Å². The van der Waals surface area contributed by atoms with Crippen LogP contribution in [-0.4, -0.2) is 29.1 Å². The van der Waals surface area contributed by atoms with Crippen LogP contribution >= 0.6 is 23.4 Å². The lowest BCUT2D eigenvalue weighted by Gasteiger charge is -2.18. The molecule has 0 N–H and O–H groups in total. The second-order valence-corrected chi connectivity index (χ2v) is 5.61. The largest absolute Gasteiger partial charge is 0.370 e. The summed E-state index contributed by atoms with van der Waals surface area (Å²) in [6.07, 6.45) is 3.05. The molecular formula is C11H15ClN2S. The molecule has 1 saturated heterocycles. The van der Waals surface area contributed by atoms with Gasteiger partial charge in [-0.3, -0.25) is 0 Å². The van der Waals surface area contributed by atoms with E-state index in [1.165, 1.54) is 17.9 Å². The highest BCUT2D eigenvalue weighted by Crippen LogP contribution is 2.27. The van der Waals surface area contributed by atoms with Gasteiger partial charge in [0.05, 0.1) is 0 Å². The van der Waals surface area contributed by atoms with Crippen LogP contribution in [0.1, 0.15) is 13.3 Å². The molecule has 1 aromatic rings. The highest BCUT2D eigenvalue weighted by molar-refractivity contribution is 7.99. The fourth-order valence-electron chi connectivity index (χ4n) is 1.92. The zero-order valence-electron chi connectivity index (χ0n) is 8.82. The lowest BCUT2D eigenvalue weighted by Crippen LogP contribution is -2.20. The molecule has 0 aromatic carbocycles. The lowest BCUT2D eigenvalue weighted by atomic mass is 10.4. The van der Waals surface area contributed by atoms with Crippen molar-refractivity contribution >= 4 is 29.1 Å². The number of hydrogen-bond donors (Lipinski definition) is 0. The minimum absolute atomic E-state index is 0.582. The maximum absolute atomic E-state index is 5.88. The summed E-state index contributed by atoms with van der Waals surface area (Å²) in [5, 5.41) is 1.36. The van der Waals surface area contributed by atoms with E-state index >= 15 is 0 Å². The van der Waals surface area contributed by atoms with Gasteiger partial charge in [-0.15, -0.1) is 0 Å². The number of aromatic nitrogens is 1. The Hall–Kier alpha value is -0.410. The molecule has 0 aliphatic carbocycles. The average Bonchev–Trinajstić information content (AvgIpc) is 2.67. The van der Waals surface area contributed by atoms with Gasteiger partial charge in [0.1, 0.15) is 5.15 Å². The van der Waals surface area contributed by atoms with Crippen LogP contribution in [0.3, 0.4) is 0 Å². The highest BCUT2D eigenvalue weighted by Gasteiger charge is 2.22. The van der Waals surface area contributed by atoms with E-state index in [-0.39, 0.29) is 0 Å². The Morgan fingerprint density at radius 3 is 3.27 bits per heavy atom. The molecule has 2 heterocycles. The summed E-state index contributed by atoms with van der Waals surface area (Å²) in [4.78, 5) is 6.39. The summed E-state index contributed by atoms with van der Waals surface area (Å²) in [7, 11) is 0. The van der Waals surface area contributed by atoms with Crippen molar-refractivity contribution in [3.63, 3.8) is 0 Å². The maximum atomic E-state index is 5.88. The molecule has 2 nitrogen and oxygen atoms in total. The van der Waals surface area contributed by atoms with Gasteiger partial charge in [-0.1, -0.05) is 18.5 Å². The second-order valence-electron chi connectivity index (χ2n) is 3.65. The molecule has 1 aliphatic rings.